The largest absolute Gasteiger partial charge is 0.346 e. The third-order valence-corrected chi connectivity index (χ3v) is 0.577. The van der Waals surface area contributed by atoms with Crippen molar-refractivity contribution >= 4 is 0 Å². The van der Waals surface area contributed by atoms with E-state index in [1.165, 1.54) is 0 Å². The standard InChI is InChI=1S/C5H11.C2H5.Y/c1-4-5(2)3;1-2;/h5H,1,4H2,2-3H3;1H2,2H3;/q2*-1;. The van der Waals surface area contributed by atoms with Crippen LogP contribution in [0.1, 0.15) is 27.2 Å². The zero-order chi connectivity index (χ0) is 6.28. The van der Waals surface area contributed by atoms with Gasteiger partial charge in [-0.15, -0.1) is 0 Å². The van der Waals surface area contributed by atoms with Crippen molar-refractivity contribution in [2.45, 2.75) is 27.2 Å². The van der Waals surface area contributed by atoms with Gasteiger partial charge in [-0.05, 0) is 0 Å². The summed E-state index contributed by atoms with van der Waals surface area (Å²) in [7, 11) is 0. The fourth-order valence-electron chi connectivity index (χ4n) is 0. The Hall–Kier alpha value is 1.10. The summed E-state index contributed by atoms with van der Waals surface area (Å²) >= 11 is 0. The van der Waals surface area contributed by atoms with E-state index in [4.69, 9.17) is 0 Å². The number of rotatable bonds is 1. The summed E-state index contributed by atoms with van der Waals surface area (Å²) in [6, 6.07) is 0. The van der Waals surface area contributed by atoms with Crippen LogP contribution in [0.4, 0.5) is 0 Å². The van der Waals surface area contributed by atoms with Crippen molar-refractivity contribution in [3.05, 3.63) is 13.8 Å². The van der Waals surface area contributed by atoms with Gasteiger partial charge in [0.05, 0.1) is 0 Å². The van der Waals surface area contributed by atoms with Gasteiger partial charge in [-0.25, -0.2) is 0 Å². The number of hydrogen-bond acceptors (Lipinski definition) is 0. The average molecular weight is 189 g/mol. The Morgan fingerprint density at radius 1 is 1.25 bits per heavy atom. The van der Waals surface area contributed by atoms with Crippen molar-refractivity contribution in [2.75, 3.05) is 0 Å². The van der Waals surface area contributed by atoms with E-state index in [2.05, 4.69) is 27.7 Å². The van der Waals surface area contributed by atoms with Crippen LogP contribution in [0.25, 0.3) is 0 Å². The van der Waals surface area contributed by atoms with Gasteiger partial charge in [0.25, 0.3) is 0 Å². The van der Waals surface area contributed by atoms with Gasteiger partial charge in [0.2, 0.25) is 0 Å². The topological polar surface area (TPSA) is 0 Å². The van der Waals surface area contributed by atoms with Crippen LogP contribution in [0.2, 0.25) is 0 Å². The van der Waals surface area contributed by atoms with Crippen LogP contribution in [0.3, 0.4) is 0 Å². The maximum Gasteiger partial charge on any atom is 0 e. The van der Waals surface area contributed by atoms with Gasteiger partial charge in [-0.1, -0.05) is 19.8 Å². The summed E-state index contributed by atoms with van der Waals surface area (Å²) in [6.07, 6.45) is 1.06. The van der Waals surface area contributed by atoms with E-state index >= 15 is 0 Å². The molecule has 49 valence electrons. The molecule has 0 unspecified atom stereocenters. The van der Waals surface area contributed by atoms with E-state index in [1.54, 1.807) is 6.92 Å². The van der Waals surface area contributed by atoms with E-state index in [0.717, 1.165) is 12.3 Å². The van der Waals surface area contributed by atoms with Crippen LogP contribution < -0.4 is 0 Å². The predicted octanol–water partition coefficient (Wildman–Crippen LogP) is 2.70. The summed E-state index contributed by atoms with van der Waals surface area (Å²) in [5, 5.41) is 0. The maximum atomic E-state index is 3.69. The molecule has 0 aliphatic heterocycles. The Labute approximate surface area is 79.3 Å². The quantitative estimate of drug-likeness (QED) is 0.556. The zero-order valence-electron chi connectivity index (χ0n) is 6.28. The van der Waals surface area contributed by atoms with Crippen LogP contribution in [0.15, 0.2) is 0 Å². The first kappa shape index (κ1) is 16.0. The second-order valence-corrected chi connectivity index (χ2v) is 1.68. The molecular formula is C7H16Y-2. The molecule has 0 aliphatic rings. The predicted molar refractivity (Wildman–Crippen MR) is 35.8 cm³/mol. The van der Waals surface area contributed by atoms with Gasteiger partial charge in [0.1, 0.15) is 0 Å². The Balaban J connectivity index is -0.0000000750. The third-order valence-electron chi connectivity index (χ3n) is 0.577. The molecule has 0 N–H and O–H groups in total. The average Bonchev–Trinajstić information content (AvgIpc) is 1.73. The summed E-state index contributed by atoms with van der Waals surface area (Å²) < 4.78 is 0. The molecule has 1 radical (unpaired) electrons. The van der Waals surface area contributed by atoms with Crippen LogP contribution >= 0.6 is 0 Å². The monoisotopic (exact) mass is 189 g/mol. The first-order chi connectivity index (χ1) is 3.27. The Kier molecular flexibility index (Phi) is 31.5. The first-order valence-electron chi connectivity index (χ1n) is 2.77. The van der Waals surface area contributed by atoms with E-state index < -0.39 is 0 Å². The third kappa shape index (κ3) is 27.5. The summed E-state index contributed by atoms with van der Waals surface area (Å²) in [6.45, 7) is 13.0. The fraction of sp³-hybridized carbons (Fsp3) is 0.714. The van der Waals surface area contributed by atoms with Crippen molar-refractivity contribution in [2.24, 2.45) is 5.92 Å². The molecule has 0 bridgehead atoms. The minimum absolute atomic E-state index is 0. The molecule has 0 aliphatic carbocycles. The van der Waals surface area contributed by atoms with Crippen molar-refractivity contribution < 1.29 is 32.7 Å². The smallest absolute Gasteiger partial charge is 0 e. The summed E-state index contributed by atoms with van der Waals surface area (Å²) in [4.78, 5) is 0. The molecule has 0 aromatic rings. The molecule has 0 atom stereocenters. The van der Waals surface area contributed by atoms with E-state index in [0.29, 0.717) is 0 Å². The van der Waals surface area contributed by atoms with Crippen LogP contribution in [-0.2, 0) is 32.7 Å². The normalized spacial score (nSPS) is 6.75. The fourth-order valence-corrected chi connectivity index (χ4v) is 0. The molecule has 0 saturated heterocycles. The first-order valence-corrected chi connectivity index (χ1v) is 2.77. The molecule has 0 saturated carbocycles. The van der Waals surface area contributed by atoms with Crippen molar-refractivity contribution in [1.82, 2.24) is 0 Å². The van der Waals surface area contributed by atoms with E-state index in [1.807, 2.05) is 0 Å². The molecule has 0 rings (SSSR count). The Morgan fingerprint density at radius 2 is 1.38 bits per heavy atom. The second kappa shape index (κ2) is 15.7. The molecule has 0 spiro atoms. The molecule has 0 aromatic carbocycles. The molecule has 0 heterocycles. The Morgan fingerprint density at radius 3 is 1.38 bits per heavy atom. The molecule has 0 fully saturated rings. The minimum atomic E-state index is 0. The van der Waals surface area contributed by atoms with Gasteiger partial charge < -0.3 is 13.8 Å². The molecule has 8 heavy (non-hydrogen) atoms. The maximum absolute atomic E-state index is 3.69. The molecule has 0 amide bonds. The van der Waals surface area contributed by atoms with Gasteiger partial charge in [-0.3, -0.25) is 0 Å². The second-order valence-electron chi connectivity index (χ2n) is 1.68. The van der Waals surface area contributed by atoms with Crippen molar-refractivity contribution in [3.63, 3.8) is 0 Å². The van der Waals surface area contributed by atoms with Crippen LogP contribution in [-0.4, -0.2) is 0 Å². The van der Waals surface area contributed by atoms with E-state index in [9.17, 15) is 0 Å². The zero-order valence-corrected chi connectivity index (χ0v) is 9.11. The van der Waals surface area contributed by atoms with Crippen molar-refractivity contribution in [1.29, 1.82) is 0 Å². The summed E-state index contributed by atoms with van der Waals surface area (Å²) in [5.74, 6) is 0.773. The van der Waals surface area contributed by atoms with Crippen molar-refractivity contribution in [3.8, 4) is 0 Å². The van der Waals surface area contributed by atoms with Gasteiger partial charge in [0, 0.05) is 32.7 Å². The summed E-state index contributed by atoms with van der Waals surface area (Å²) in [5.41, 5.74) is 0. The molecule has 0 nitrogen and oxygen atoms in total. The molecular weight excluding hydrogens is 173 g/mol. The molecule has 0 aromatic heterocycles. The van der Waals surface area contributed by atoms with Crippen LogP contribution in [0, 0.1) is 19.8 Å². The van der Waals surface area contributed by atoms with Gasteiger partial charge >= 0.3 is 0 Å². The number of hydrogen-bond donors (Lipinski definition) is 0. The van der Waals surface area contributed by atoms with Gasteiger partial charge in [0.15, 0.2) is 0 Å². The van der Waals surface area contributed by atoms with Crippen LogP contribution in [0.5, 0.6) is 0 Å². The minimum Gasteiger partial charge on any atom is -0.346 e. The molecule has 1 heteroatoms. The van der Waals surface area contributed by atoms with Gasteiger partial charge in [-0.2, -0.15) is 13.3 Å². The SMILES string of the molecule is [CH2-]C.[CH2-]CC(C)C.[Y]. The van der Waals surface area contributed by atoms with E-state index in [-0.39, 0.29) is 32.7 Å². The Bertz CT molecular complexity index is 18.3.